The molecule has 33 heteroatoms. The number of aliphatic hydroxyl groups excluding tert-OH is 3. The molecular formula is C85H116F6IN15O8S3. The number of carbonyl (C=O) groups is 3. The molecule has 6 saturated heterocycles. The average molecular weight is 1810 g/mol. The minimum absolute atomic E-state index is 0. The zero-order valence-electron chi connectivity index (χ0n) is 68.4. The van der Waals surface area contributed by atoms with Gasteiger partial charge in [0.2, 0.25) is 17.8 Å². The van der Waals surface area contributed by atoms with Crippen molar-refractivity contribution >= 4 is 127 Å². The average Bonchev–Trinajstić information content (AvgIpc) is 1.21. The highest BCUT2D eigenvalue weighted by Gasteiger charge is 2.48. The number of thioether (sulfide) groups is 1. The molecule has 118 heavy (non-hydrogen) atoms. The van der Waals surface area contributed by atoms with E-state index >= 15 is 0 Å². The minimum Gasteiger partial charge on any atom is -0.395 e. The fraction of sp³-hybridized carbons (Fsp3) is 0.612. The van der Waals surface area contributed by atoms with Gasteiger partial charge in [0.15, 0.2) is 9.84 Å². The first-order valence-electron chi connectivity index (χ1n) is 40.7. The smallest absolute Gasteiger partial charge is 0.258 e. The summed E-state index contributed by atoms with van der Waals surface area (Å²) in [5.74, 6) is -6.92. The van der Waals surface area contributed by atoms with Crippen molar-refractivity contribution in [3.63, 3.8) is 0 Å². The van der Waals surface area contributed by atoms with Crippen LogP contribution in [-0.2, 0) is 9.84 Å². The van der Waals surface area contributed by atoms with Crippen LogP contribution in [0.5, 0.6) is 0 Å². The summed E-state index contributed by atoms with van der Waals surface area (Å²) in [6.45, 7) is 21.8. The number of sulfone groups is 1. The minimum atomic E-state index is -3.88. The van der Waals surface area contributed by atoms with Crippen LogP contribution in [0.25, 0.3) is 0 Å². The number of halogens is 7. The van der Waals surface area contributed by atoms with Gasteiger partial charge in [0.05, 0.1) is 63.2 Å². The molecule has 9 aliphatic rings. The molecule has 9 heterocycles. The Morgan fingerprint density at radius 1 is 0.432 bits per heavy atom. The molecular weight excluding hydrogens is 1700 g/mol. The summed E-state index contributed by atoms with van der Waals surface area (Å²) in [6.07, 6.45) is 12.8. The lowest BCUT2D eigenvalue weighted by molar-refractivity contribution is -0.0229. The molecule has 6 N–H and O–H groups in total. The van der Waals surface area contributed by atoms with Crippen molar-refractivity contribution in [3.8, 4) is 0 Å². The molecule has 0 radical (unpaired) electrons. The maximum Gasteiger partial charge on any atom is 0.258 e. The number of benzene rings is 3. The number of hydrogen-bond donors (Lipinski definition) is 7. The second kappa shape index (κ2) is 36.6. The Labute approximate surface area is 713 Å². The first-order valence-corrected chi connectivity index (χ1v) is 44.5. The van der Waals surface area contributed by atoms with Crippen molar-refractivity contribution in [2.24, 2.45) is 16.2 Å². The maximum atomic E-state index is 13.7. The molecule has 0 atom stereocenters. The third-order valence-corrected chi connectivity index (χ3v) is 28.6. The van der Waals surface area contributed by atoms with Crippen LogP contribution >= 0.6 is 47.0 Å². The summed E-state index contributed by atoms with van der Waals surface area (Å²) in [4.78, 5) is 80.1. The van der Waals surface area contributed by atoms with E-state index in [1.807, 2.05) is 58.9 Å². The molecule has 23 nitrogen and oxygen atoms in total. The number of nitrogens with one attached hydrogen (secondary N) is 3. The Morgan fingerprint density at radius 2 is 0.729 bits per heavy atom. The number of piperidine rings is 6. The van der Waals surface area contributed by atoms with Gasteiger partial charge in [0.25, 0.3) is 35.5 Å². The van der Waals surface area contributed by atoms with Gasteiger partial charge in [-0.15, -0.1) is 11.8 Å². The third-order valence-electron chi connectivity index (χ3n) is 24.2. The van der Waals surface area contributed by atoms with E-state index in [0.29, 0.717) is 92.3 Å². The second-order valence-corrected chi connectivity index (χ2v) is 42.2. The molecule has 646 valence electrons. The quantitative estimate of drug-likeness (QED) is 0.0172. The molecule has 3 aromatic carbocycles. The van der Waals surface area contributed by atoms with E-state index in [9.17, 15) is 59.4 Å². The number of carbonyl (C=O) groups excluding carboxylic acids is 3. The van der Waals surface area contributed by atoms with Crippen LogP contribution in [0.2, 0.25) is 0 Å². The van der Waals surface area contributed by atoms with E-state index in [-0.39, 0.29) is 136 Å². The van der Waals surface area contributed by atoms with Crippen molar-refractivity contribution in [2.75, 3.05) is 144 Å². The highest BCUT2D eigenvalue weighted by atomic mass is 127. The highest BCUT2D eigenvalue weighted by molar-refractivity contribution is 14.1. The summed E-state index contributed by atoms with van der Waals surface area (Å²) < 4.78 is 108. The Hall–Kier alpha value is -7.05. The van der Waals surface area contributed by atoms with Crippen molar-refractivity contribution in [1.29, 1.82) is 0 Å². The molecule has 6 aliphatic heterocycles. The fourth-order valence-electron chi connectivity index (χ4n) is 15.5. The van der Waals surface area contributed by atoms with Crippen molar-refractivity contribution in [3.05, 3.63) is 110 Å². The number of rotatable bonds is 19. The van der Waals surface area contributed by atoms with Gasteiger partial charge in [-0.1, -0.05) is 7.43 Å². The second-order valence-electron chi connectivity index (χ2n) is 35.4. The summed E-state index contributed by atoms with van der Waals surface area (Å²) in [6, 6.07) is 21.2. The van der Waals surface area contributed by atoms with Crippen molar-refractivity contribution in [2.45, 2.75) is 227 Å². The van der Waals surface area contributed by atoms with Crippen molar-refractivity contribution in [1.82, 2.24) is 29.9 Å². The largest absolute Gasteiger partial charge is 0.395 e. The number of thiol groups is 1. The zero-order chi connectivity index (χ0) is 84.5. The number of amides is 3. The topological polar surface area (TPSA) is 279 Å². The SMILES string of the molecule is C.CC(C)(S)CO.Cc1cc(NC(=O)c2ccc(I)cc2N2CCC3(CC2)CC3)nc(N2CCC(F)(F)CC2)n1.Cc1cc(NC(=O)c2ccc(S(=O)(=O)C(C)(C)CO)cc2N2CCC3(CC2)CC3)nc(N2CCC(F)(F)CC2)n1.Cc1cc(NC(=O)c2ccc(SC(C)(C)CO)cc2N2CCC3(CC2)CC3)nc(N2CCC(F)(F)CC2)n1. The molecule has 6 aromatic rings. The molecule has 0 bridgehead atoms. The van der Waals surface area contributed by atoms with Gasteiger partial charge < -0.3 is 60.7 Å². The Kier molecular flexibility index (Phi) is 28.4. The molecule has 3 spiro atoms. The summed E-state index contributed by atoms with van der Waals surface area (Å²) in [5, 5.41) is 36.5. The van der Waals surface area contributed by atoms with E-state index in [0.717, 1.165) is 71.7 Å². The molecule has 3 aliphatic carbocycles. The molecule has 15 rings (SSSR count). The normalized spacial score (nSPS) is 20.1. The number of aliphatic hydroxyl groups is 3. The van der Waals surface area contributed by atoms with Gasteiger partial charge in [-0.05, 0) is 233 Å². The number of anilines is 9. The Morgan fingerprint density at radius 3 is 1.03 bits per heavy atom. The lowest BCUT2D eigenvalue weighted by Gasteiger charge is -2.35. The number of aromatic nitrogens is 6. The van der Waals surface area contributed by atoms with E-state index in [1.54, 1.807) is 58.5 Å². The highest BCUT2D eigenvalue weighted by Crippen LogP contribution is 2.57. The van der Waals surface area contributed by atoms with Crippen LogP contribution < -0.4 is 45.3 Å². The Balaban J connectivity index is 0.000000167. The third kappa shape index (κ3) is 23.6. The molecule has 9 fully saturated rings. The number of alkyl halides is 6. The Bertz CT molecular complexity index is 4670. The van der Waals surface area contributed by atoms with Crippen LogP contribution in [0, 0.1) is 40.6 Å². The number of aryl methyl sites for hydroxylation is 3. The van der Waals surface area contributed by atoms with Crippen LogP contribution in [0.1, 0.15) is 213 Å². The van der Waals surface area contributed by atoms with Crippen LogP contribution in [0.3, 0.4) is 0 Å². The van der Waals surface area contributed by atoms with Gasteiger partial charge in [-0.3, -0.25) is 14.4 Å². The summed E-state index contributed by atoms with van der Waals surface area (Å²) >= 11 is 7.88. The standard InChI is InChI=1S/C28H37F2N5O4S.C28H37F2N5O2S.C24H28F2IN5O.C4H10OS.CH4/c1-19-16-23(33-25(31-19)35-14-10-28(29,30)11-15-35)32-24(37)21-5-4-20(40(38,39)26(2,3)18-36)17-22(21)34-12-8-27(6-7-27)9-13-34;1-19-16-23(33-25(31-19)35-14-10-28(29,30)11-15-35)32-24(37)21-5-4-20(38-26(2,3)18-36)17-22(21)34-12-8-27(6-7-27)9-13-34;1-16-14-20(30-22(28-16)32-12-8-24(25,26)9-13-32)29-21(33)18-3-2-17(27)15-19(18)31-10-6-23(4-5-23)7-11-31;1-4(2,6)3-5;/h4-5,16-17,36H,6-15,18H2,1-3H3,(H,31,32,33,37);4-5,16-17,36H,6-15,18H2,1-3H3,(H,31,32,33,37);2-3,14-15H,4-13H2,1H3,(H,28,29,30,33);5-6H,3H2,1-2H3;1H4. The fourth-order valence-corrected chi connectivity index (χ4v) is 18.3. The molecule has 3 amide bonds. The van der Waals surface area contributed by atoms with Crippen LogP contribution in [0.15, 0.2) is 82.6 Å². The van der Waals surface area contributed by atoms with E-state index in [4.69, 9.17) is 5.11 Å². The maximum absolute atomic E-state index is 13.7. The van der Waals surface area contributed by atoms with Gasteiger partial charge >= 0.3 is 0 Å². The van der Waals surface area contributed by atoms with E-state index in [1.165, 1.54) is 83.4 Å². The molecule has 3 saturated carbocycles. The van der Waals surface area contributed by atoms with Gasteiger partial charge in [0.1, 0.15) is 17.5 Å². The summed E-state index contributed by atoms with van der Waals surface area (Å²) in [7, 11) is -3.88. The van der Waals surface area contributed by atoms with E-state index in [2.05, 4.69) is 108 Å². The molecule has 0 unspecified atom stereocenters. The lowest BCUT2D eigenvalue weighted by Crippen LogP contribution is -2.40. The van der Waals surface area contributed by atoms with Gasteiger partial charge in [0, 0.05) is 170 Å². The predicted octanol–water partition coefficient (Wildman–Crippen LogP) is 16.3. The zero-order valence-corrected chi connectivity index (χ0v) is 73.1. The lowest BCUT2D eigenvalue weighted by atomic mass is 9.93. The predicted molar refractivity (Wildman–Crippen MR) is 467 cm³/mol. The van der Waals surface area contributed by atoms with E-state index < -0.39 is 44.9 Å². The monoisotopic (exact) mass is 1810 g/mol. The first kappa shape index (κ1) is 91.7. The van der Waals surface area contributed by atoms with Crippen molar-refractivity contribution < 1.29 is 64.5 Å². The number of nitrogens with zero attached hydrogens (tertiary/aromatic N) is 12. The van der Waals surface area contributed by atoms with Crippen LogP contribution in [-0.4, -0.2) is 202 Å². The summed E-state index contributed by atoms with van der Waals surface area (Å²) in [5.41, 5.74) is 7.25. The number of hydrogen-bond acceptors (Lipinski definition) is 22. The first-order chi connectivity index (χ1) is 55.0. The van der Waals surface area contributed by atoms with Gasteiger partial charge in [-0.25, -0.2) is 49.7 Å². The van der Waals surface area contributed by atoms with Gasteiger partial charge in [-0.2, -0.15) is 27.6 Å². The van der Waals surface area contributed by atoms with Crippen LogP contribution in [0.4, 0.5) is 78.7 Å². The molecule has 3 aromatic heterocycles.